The molecule has 0 amide bonds. The van der Waals surface area contributed by atoms with Crippen LogP contribution in [0.4, 0.5) is 0 Å². The summed E-state index contributed by atoms with van der Waals surface area (Å²) in [5, 5.41) is 0. The Kier molecular flexibility index (Phi) is 2.40. The van der Waals surface area contributed by atoms with E-state index in [1.807, 2.05) is 0 Å². The van der Waals surface area contributed by atoms with Crippen molar-refractivity contribution in [2.24, 2.45) is 5.41 Å². The molecular formula is C8H15Cl. The van der Waals surface area contributed by atoms with E-state index in [1.165, 1.54) is 32.1 Å². The molecule has 0 N–H and O–H groups in total. The Morgan fingerprint density at radius 2 is 2.11 bits per heavy atom. The number of unbranched alkanes of at least 4 members (excludes halogenated alkanes) is 1. The normalized spacial score (nSPS) is 22.0. The molecule has 54 valence electrons. The van der Waals surface area contributed by atoms with Gasteiger partial charge >= 0.3 is 0 Å². The Morgan fingerprint density at radius 1 is 1.44 bits per heavy atom. The average Bonchev–Trinajstić information content (AvgIpc) is 2.65. The third-order valence-corrected chi connectivity index (χ3v) is 2.87. The molecule has 0 saturated heterocycles. The Bertz CT molecular complexity index is 84.6. The Hall–Kier alpha value is 0.290. The highest BCUT2D eigenvalue weighted by molar-refractivity contribution is 6.18. The van der Waals surface area contributed by atoms with E-state index in [4.69, 9.17) is 11.6 Å². The fourth-order valence-electron chi connectivity index (χ4n) is 1.18. The van der Waals surface area contributed by atoms with Gasteiger partial charge in [-0.15, -0.1) is 11.6 Å². The first kappa shape index (κ1) is 7.40. The molecule has 1 heteroatoms. The number of hydrogen-bond donors (Lipinski definition) is 0. The van der Waals surface area contributed by atoms with Crippen LogP contribution >= 0.6 is 11.6 Å². The monoisotopic (exact) mass is 146 g/mol. The average molecular weight is 147 g/mol. The summed E-state index contributed by atoms with van der Waals surface area (Å²) in [5.74, 6) is 0.896. The van der Waals surface area contributed by atoms with Crippen LogP contribution in [0.5, 0.6) is 0 Å². The van der Waals surface area contributed by atoms with Crippen molar-refractivity contribution in [1.29, 1.82) is 0 Å². The first-order valence-electron chi connectivity index (χ1n) is 3.89. The standard InChI is InChI=1S/C8H15Cl/c1-2-3-4-8(7-9)5-6-8/h2-7H2,1H3. The van der Waals surface area contributed by atoms with Gasteiger partial charge < -0.3 is 0 Å². The van der Waals surface area contributed by atoms with Gasteiger partial charge in [-0.2, -0.15) is 0 Å². The fraction of sp³-hybridized carbons (Fsp3) is 1.00. The van der Waals surface area contributed by atoms with Gasteiger partial charge in [-0.3, -0.25) is 0 Å². The first-order valence-corrected chi connectivity index (χ1v) is 4.42. The Morgan fingerprint density at radius 3 is 2.44 bits per heavy atom. The molecule has 0 nitrogen and oxygen atoms in total. The Balaban J connectivity index is 2.10. The molecular weight excluding hydrogens is 132 g/mol. The molecule has 1 saturated carbocycles. The van der Waals surface area contributed by atoms with Crippen LogP contribution in [0.2, 0.25) is 0 Å². The van der Waals surface area contributed by atoms with Gasteiger partial charge in [0.15, 0.2) is 0 Å². The topological polar surface area (TPSA) is 0 Å². The summed E-state index contributed by atoms with van der Waals surface area (Å²) in [6.07, 6.45) is 6.82. The van der Waals surface area contributed by atoms with Crippen LogP contribution in [0.1, 0.15) is 39.0 Å². The van der Waals surface area contributed by atoms with E-state index in [9.17, 15) is 0 Å². The number of alkyl halides is 1. The summed E-state index contributed by atoms with van der Waals surface area (Å²) < 4.78 is 0. The fourth-order valence-corrected chi connectivity index (χ4v) is 1.58. The lowest BCUT2D eigenvalue weighted by molar-refractivity contribution is 0.496. The van der Waals surface area contributed by atoms with Crippen molar-refractivity contribution >= 4 is 11.6 Å². The second kappa shape index (κ2) is 2.92. The maximum atomic E-state index is 5.79. The van der Waals surface area contributed by atoms with Crippen molar-refractivity contribution in [1.82, 2.24) is 0 Å². The predicted octanol–water partition coefficient (Wildman–Crippen LogP) is 3.20. The molecule has 0 radical (unpaired) electrons. The summed E-state index contributed by atoms with van der Waals surface area (Å²) in [4.78, 5) is 0. The molecule has 0 atom stereocenters. The molecule has 0 aromatic rings. The molecule has 9 heavy (non-hydrogen) atoms. The third kappa shape index (κ3) is 1.86. The zero-order chi connectivity index (χ0) is 6.74. The minimum absolute atomic E-state index is 0.609. The zero-order valence-corrected chi connectivity index (χ0v) is 6.88. The van der Waals surface area contributed by atoms with Crippen molar-refractivity contribution in [3.63, 3.8) is 0 Å². The van der Waals surface area contributed by atoms with E-state index >= 15 is 0 Å². The quantitative estimate of drug-likeness (QED) is 0.535. The largest absolute Gasteiger partial charge is 0.126 e. The van der Waals surface area contributed by atoms with E-state index in [2.05, 4.69) is 6.92 Å². The maximum absolute atomic E-state index is 5.79. The van der Waals surface area contributed by atoms with E-state index in [-0.39, 0.29) is 0 Å². The maximum Gasteiger partial charge on any atom is 0.0280 e. The van der Waals surface area contributed by atoms with Crippen LogP contribution in [0.3, 0.4) is 0 Å². The highest BCUT2D eigenvalue weighted by Gasteiger charge is 2.40. The van der Waals surface area contributed by atoms with Gasteiger partial charge in [-0.05, 0) is 24.7 Å². The van der Waals surface area contributed by atoms with Gasteiger partial charge in [0.2, 0.25) is 0 Å². The molecule has 0 aromatic carbocycles. The van der Waals surface area contributed by atoms with Gasteiger partial charge in [-0.25, -0.2) is 0 Å². The smallest absolute Gasteiger partial charge is 0.0280 e. The molecule has 0 heterocycles. The van der Waals surface area contributed by atoms with Crippen LogP contribution in [0, 0.1) is 5.41 Å². The summed E-state index contributed by atoms with van der Waals surface area (Å²) in [5.41, 5.74) is 0.609. The van der Waals surface area contributed by atoms with Crippen LogP contribution in [-0.4, -0.2) is 5.88 Å². The highest BCUT2D eigenvalue weighted by Crippen LogP contribution is 2.50. The molecule has 0 aliphatic heterocycles. The molecule has 0 unspecified atom stereocenters. The zero-order valence-electron chi connectivity index (χ0n) is 6.12. The Labute approximate surface area is 62.6 Å². The first-order chi connectivity index (χ1) is 4.33. The molecule has 0 spiro atoms. The minimum Gasteiger partial charge on any atom is -0.126 e. The van der Waals surface area contributed by atoms with Crippen molar-refractivity contribution in [2.45, 2.75) is 39.0 Å². The SMILES string of the molecule is CCCCC1(CCl)CC1. The van der Waals surface area contributed by atoms with E-state index in [0.717, 1.165) is 5.88 Å². The molecule has 1 fully saturated rings. The van der Waals surface area contributed by atoms with E-state index in [1.54, 1.807) is 0 Å². The minimum atomic E-state index is 0.609. The van der Waals surface area contributed by atoms with Crippen molar-refractivity contribution in [3.8, 4) is 0 Å². The summed E-state index contributed by atoms with van der Waals surface area (Å²) in [6, 6.07) is 0. The lowest BCUT2D eigenvalue weighted by atomic mass is 10.0. The second-order valence-electron chi connectivity index (χ2n) is 3.24. The molecule has 1 aliphatic rings. The van der Waals surface area contributed by atoms with Crippen LogP contribution in [0.25, 0.3) is 0 Å². The van der Waals surface area contributed by atoms with E-state index < -0.39 is 0 Å². The van der Waals surface area contributed by atoms with Crippen LogP contribution in [0.15, 0.2) is 0 Å². The number of hydrogen-bond acceptors (Lipinski definition) is 0. The highest BCUT2D eigenvalue weighted by atomic mass is 35.5. The molecule has 1 rings (SSSR count). The molecule has 1 aliphatic carbocycles. The van der Waals surface area contributed by atoms with Gasteiger partial charge in [-0.1, -0.05) is 19.8 Å². The van der Waals surface area contributed by atoms with Crippen molar-refractivity contribution in [2.75, 3.05) is 5.88 Å². The summed E-state index contributed by atoms with van der Waals surface area (Å²) in [7, 11) is 0. The molecule has 0 bridgehead atoms. The molecule has 0 aromatic heterocycles. The van der Waals surface area contributed by atoms with E-state index in [0.29, 0.717) is 5.41 Å². The van der Waals surface area contributed by atoms with Crippen molar-refractivity contribution < 1.29 is 0 Å². The lowest BCUT2D eigenvalue weighted by Crippen LogP contribution is -2.00. The van der Waals surface area contributed by atoms with Gasteiger partial charge in [0.05, 0.1) is 0 Å². The van der Waals surface area contributed by atoms with Crippen LogP contribution < -0.4 is 0 Å². The summed E-state index contributed by atoms with van der Waals surface area (Å²) >= 11 is 5.79. The van der Waals surface area contributed by atoms with Gasteiger partial charge in [0.1, 0.15) is 0 Å². The third-order valence-electron chi connectivity index (χ3n) is 2.30. The van der Waals surface area contributed by atoms with Gasteiger partial charge in [0, 0.05) is 5.88 Å². The number of rotatable bonds is 4. The number of halogens is 1. The van der Waals surface area contributed by atoms with Crippen molar-refractivity contribution in [3.05, 3.63) is 0 Å². The predicted molar refractivity (Wildman–Crippen MR) is 41.9 cm³/mol. The summed E-state index contributed by atoms with van der Waals surface area (Å²) in [6.45, 7) is 2.24. The van der Waals surface area contributed by atoms with Crippen LogP contribution in [-0.2, 0) is 0 Å². The van der Waals surface area contributed by atoms with Gasteiger partial charge in [0.25, 0.3) is 0 Å². The lowest BCUT2D eigenvalue weighted by Gasteiger charge is -2.07. The second-order valence-corrected chi connectivity index (χ2v) is 3.50.